The molecule has 2 unspecified atom stereocenters. The maximum Gasteiger partial charge on any atom is 0.411 e. The van der Waals surface area contributed by atoms with Gasteiger partial charge in [-0.2, -0.15) is 5.26 Å². The van der Waals surface area contributed by atoms with Crippen LogP contribution in [0.3, 0.4) is 0 Å². The lowest BCUT2D eigenvalue weighted by atomic mass is 10.1. The largest absolute Gasteiger partial charge is 0.445 e. The zero-order chi connectivity index (χ0) is 20.6. The van der Waals surface area contributed by atoms with Crippen LogP contribution in [0.25, 0.3) is 0 Å². The fourth-order valence-corrected chi connectivity index (χ4v) is 2.80. The number of nitriles is 1. The van der Waals surface area contributed by atoms with Gasteiger partial charge in [0.05, 0.1) is 18.2 Å². The lowest BCUT2D eigenvalue weighted by Crippen LogP contribution is -2.34. The third-order valence-electron chi connectivity index (χ3n) is 4.14. The zero-order valence-corrected chi connectivity index (χ0v) is 17.3. The number of sulfonamides is 1. The third kappa shape index (κ3) is 7.85. The van der Waals surface area contributed by atoms with Gasteiger partial charge in [-0.1, -0.05) is 0 Å². The molecule has 0 bridgehead atoms. The number of rotatable bonds is 9. The number of nitrogens with one attached hydrogen (secondary N) is 2. The predicted octanol–water partition coefficient (Wildman–Crippen LogP) is 2.47. The summed E-state index contributed by atoms with van der Waals surface area (Å²) in [5.41, 5.74) is 2.39. The molecular weight excluding hydrogens is 368 g/mol. The van der Waals surface area contributed by atoms with Gasteiger partial charge < -0.3 is 9.64 Å². The van der Waals surface area contributed by atoms with Crippen molar-refractivity contribution in [1.29, 1.82) is 5.26 Å². The van der Waals surface area contributed by atoms with Gasteiger partial charge in [-0.3, -0.25) is 5.32 Å². The van der Waals surface area contributed by atoms with Gasteiger partial charge in [0, 0.05) is 31.0 Å². The van der Waals surface area contributed by atoms with E-state index in [-0.39, 0.29) is 0 Å². The summed E-state index contributed by atoms with van der Waals surface area (Å²) in [6.45, 7) is 8.76. The van der Waals surface area contributed by atoms with Gasteiger partial charge in [-0.15, -0.1) is 0 Å². The molecule has 0 spiro atoms. The van der Waals surface area contributed by atoms with E-state index in [1.807, 2.05) is 36.9 Å². The summed E-state index contributed by atoms with van der Waals surface area (Å²) >= 11 is 0. The summed E-state index contributed by atoms with van der Waals surface area (Å²) in [4.78, 5) is 14.0. The highest BCUT2D eigenvalue weighted by molar-refractivity contribution is 7.88. The summed E-state index contributed by atoms with van der Waals surface area (Å²) < 4.78 is 30.0. The zero-order valence-electron chi connectivity index (χ0n) is 16.4. The van der Waals surface area contributed by atoms with Gasteiger partial charge in [0.1, 0.15) is 6.10 Å². The molecule has 0 fully saturated rings. The topological polar surface area (TPSA) is 112 Å². The number of nitrogens with zero attached hydrogens (tertiary/aromatic N) is 2. The van der Waals surface area contributed by atoms with Crippen LogP contribution in [0.5, 0.6) is 0 Å². The van der Waals surface area contributed by atoms with Crippen LogP contribution in [0.15, 0.2) is 18.2 Å². The summed E-state index contributed by atoms with van der Waals surface area (Å²) in [7, 11) is -3.21. The Bertz CT molecular complexity index is 789. The van der Waals surface area contributed by atoms with Crippen molar-refractivity contribution < 1.29 is 17.9 Å². The van der Waals surface area contributed by atoms with Crippen LogP contribution in [0.4, 0.5) is 16.2 Å². The first-order valence-electron chi connectivity index (χ1n) is 8.74. The van der Waals surface area contributed by atoms with Crippen molar-refractivity contribution in [3.63, 3.8) is 0 Å². The molecular formula is C18H28N4O4S. The smallest absolute Gasteiger partial charge is 0.411 e. The fourth-order valence-electron chi connectivity index (χ4n) is 2.34. The van der Waals surface area contributed by atoms with Crippen LogP contribution in [-0.4, -0.2) is 46.5 Å². The van der Waals surface area contributed by atoms with Crippen molar-refractivity contribution >= 4 is 27.5 Å². The predicted molar refractivity (Wildman–Crippen MR) is 106 cm³/mol. The number of amides is 1. The van der Waals surface area contributed by atoms with Crippen LogP contribution in [0.1, 0.15) is 26.3 Å². The Hall–Kier alpha value is -2.31. The van der Waals surface area contributed by atoms with E-state index >= 15 is 0 Å². The molecule has 0 saturated carbocycles. The Morgan fingerprint density at radius 3 is 2.56 bits per heavy atom. The Morgan fingerprint density at radius 2 is 2.04 bits per heavy atom. The first-order valence-corrected chi connectivity index (χ1v) is 10.6. The Balaban J connectivity index is 2.74. The minimum atomic E-state index is -3.21. The normalized spacial score (nSPS) is 13.3. The number of hydrogen-bond donors (Lipinski definition) is 2. The molecule has 0 aromatic heterocycles. The summed E-state index contributed by atoms with van der Waals surface area (Å²) in [6, 6.07) is 7.59. The second-order valence-electron chi connectivity index (χ2n) is 6.40. The molecule has 1 rings (SSSR count). The van der Waals surface area contributed by atoms with Crippen molar-refractivity contribution in [3.05, 3.63) is 23.8 Å². The Kier molecular flexibility index (Phi) is 8.53. The number of anilines is 2. The van der Waals surface area contributed by atoms with Crippen LogP contribution in [0, 0.1) is 24.2 Å². The SMILES string of the molecule is CCN(CCNS(C)(=O)=O)c1ccc(NC(=O)OC(C)C(C)C#N)c(C)c1. The molecule has 27 heavy (non-hydrogen) atoms. The van der Waals surface area contributed by atoms with Crippen molar-refractivity contribution in [2.75, 3.05) is 36.1 Å². The quantitative estimate of drug-likeness (QED) is 0.663. The highest BCUT2D eigenvalue weighted by Gasteiger charge is 2.17. The molecule has 9 heteroatoms. The number of ether oxygens (including phenoxy) is 1. The van der Waals surface area contributed by atoms with Gasteiger partial charge in [-0.25, -0.2) is 17.9 Å². The van der Waals surface area contributed by atoms with Crippen LogP contribution in [-0.2, 0) is 14.8 Å². The van der Waals surface area contributed by atoms with E-state index in [2.05, 4.69) is 10.0 Å². The van der Waals surface area contributed by atoms with E-state index in [9.17, 15) is 13.2 Å². The van der Waals surface area contributed by atoms with Crippen molar-refractivity contribution in [3.8, 4) is 6.07 Å². The number of hydrogen-bond acceptors (Lipinski definition) is 6. The number of benzene rings is 1. The Labute approximate surface area is 161 Å². The molecule has 8 nitrogen and oxygen atoms in total. The van der Waals surface area contributed by atoms with E-state index in [0.717, 1.165) is 17.5 Å². The standard InChI is InChI=1S/C18H28N4O4S/c1-6-22(10-9-20-27(5,24)25)16-7-8-17(13(2)11-16)21-18(23)26-15(4)14(3)12-19/h7-8,11,14-15,20H,6,9-10H2,1-5H3,(H,21,23). The van der Waals surface area contributed by atoms with Gasteiger partial charge >= 0.3 is 6.09 Å². The van der Waals surface area contributed by atoms with Crippen LogP contribution >= 0.6 is 0 Å². The van der Waals surface area contributed by atoms with E-state index < -0.39 is 28.1 Å². The molecule has 0 aliphatic rings. The van der Waals surface area contributed by atoms with Crippen molar-refractivity contribution in [2.45, 2.75) is 33.8 Å². The highest BCUT2D eigenvalue weighted by Crippen LogP contribution is 2.23. The van der Waals surface area contributed by atoms with Crippen LogP contribution < -0.4 is 14.9 Å². The summed E-state index contributed by atoms with van der Waals surface area (Å²) in [5.74, 6) is -0.391. The second-order valence-corrected chi connectivity index (χ2v) is 8.23. The first-order chi connectivity index (χ1) is 12.6. The first kappa shape index (κ1) is 22.7. The number of aryl methyl sites for hydroxylation is 1. The van der Waals surface area contributed by atoms with E-state index in [1.165, 1.54) is 0 Å². The summed E-state index contributed by atoms with van der Waals surface area (Å²) in [5, 5.41) is 11.5. The number of likely N-dealkylation sites (N-methyl/N-ethyl adjacent to an activating group) is 1. The molecule has 0 saturated heterocycles. The number of carbonyl (C=O) groups is 1. The van der Waals surface area contributed by atoms with Gasteiger partial charge in [-0.05, 0) is 51.5 Å². The maximum absolute atomic E-state index is 12.0. The fraction of sp³-hybridized carbons (Fsp3) is 0.556. The average molecular weight is 397 g/mol. The minimum Gasteiger partial charge on any atom is -0.445 e. The Morgan fingerprint density at radius 1 is 1.37 bits per heavy atom. The second kappa shape index (κ2) is 10.1. The molecule has 150 valence electrons. The molecule has 0 heterocycles. The molecule has 0 radical (unpaired) electrons. The molecule has 0 aliphatic carbocycles. The number of carbonyl (C=O) groups excluding carboxylic acids is 1. The average Bonchev–Trinajstić information content (AvgIpc) is 2.58. The maximum atomic E-state index is 12.0. The summed E-state index contributed by atoms with van der Waals surface area (Å²) in [6.07, 6.45) is 0.0169. The van der Waals surface area contributed by atoms with Gasteiger partial charge in [0.2, 0.25) is 10.0 Å². The lowest BCUT2D eigenvalue weighted by Gasteiger charge is -2.24. The lowest BCUT2D eigenvalue weighted by molar-refractivity contribution is 0.103. The monoisotopic (exact) mass is 396 g/mol. The van der Waals surface area contributed by atoms with Gasteiger partial charge in [0.25, 0.3) is 0 Å². The van der Waals surface area contributed by atoms with Crippen molar-refractivity contribution in [2.24, 2.45) is 5.92 Å². The molecule has 1 aromatic carbocycles. The van der Waals surface area contributed by atoms with Gasteiger partial charge in [0.15, 0.2) is 0 Å². The van der Waals surface area contributed by atoms with Crippen LogP contribution in [0.2, 0.25) is 0 Å². The van der Waals surface area contributed by atoms with E-state index in [1.54, 1.807) is 19.9 Å². The molecule has 2 atom stereocenters. The molecule has 1 aromatic rings. The minimum absolute atomic E-state index is 0.313. The third-order valence-corrected chi connectivity index (χ3v) is 4.87. The van der Waals surface area contributed by atoms with E-state index in [0.29, 0.717) is 25.3 Å². The highest BCUT2D eigenvalue weighted by atomic mass is 32.2. The van der Waals surface area contributed by atoms with Crippen molar-refractivity contribution in [1.82, 2.24) is 4.72 Å². The molecule has 2 N–H and O–H groups in total. The van der Waals surface area contributed by atoms with E-state index in [4.69, 9.17) is 10.00 Å². The molecule has 0 aliphatic heterocycles. The molecule has 1 amide bonds.